The van der Waals surface area contributed by atoms with Crippen molar-refractivity contribution in [1.82, 2.24) is 0 Å². The second kappa shape index (κ2) is 4.21. The van der Waals surface area contributed by atoms with Crippen molar-refractivity contribution in [3.05, 3.63) is 54.6 Å². The molecule has 16 heavy (non-hydrogen) atoms. The van der Waals surface area contributed by atoms with E-state index in [1.807, 2.05) is 0 Å². The van der Waals surface area contributed by atoms with Gasteiger partial charge < -0.3 is 0 Å². The summed E-state index contributed by atoms with van der Waals surface area (Å²) in [4.78, 5) is 0. The molecule has 0 amide bonds. The van der Waals surface area contributed by atoms with Gasteiger partial charge in [-0.2, -0.15) is 0 Å². The summed E-state index contributed by atoms with van der Waals surface area (Å²) in [6.07, 6.45) is 0. The van der Waals surface area contributed by atoms with E-state index in [4.69, 9.17) is 0 Å². The van der Waals surface area contributed by atoms with Gasteiger partial charge in [-0.25, -0.2) is 0 Å². The first kappa shape index (κ1) is 10.3. The summed E-state index contributed by atoms with van der Waals surface area (Å²) in [5.74, 6) is 0. The molecule has 0 saturated carbocycles. The maximum atomic E-state index is 3.61. The van der Waals surface area contributed by atoms with Crippen LogP contribution in [0, 0.1) is 0 Å². The summed E-state index contributed by atoms with van der Waals surface area (Å²) in [7, 11) is 0. The molecule has 3 rings (SSSR count). The van der Waals surface area contributed by atoms with Crippen molar-refractivity contribution in [2.45, 2.75) is 0 Å². The van der Waals surface area contributed by atoms with Crippen LogP contribution in [-0.2, 0) is 0 Å². The van der Waals surface area contributed by atoms with E-state index in [9.17, 15) is 0 Å². The third kappa shape index (κ3) is 1.67. The molecule has 78 valence electrons. The SMILES string of the molecule is Br[Se]c1cccc2cc3ccccc3cc12. The van der Waals surface area contributed by atoms with Crippen molar-refractivity contribution in [1.29, 1.82) is 0 Å². The molecule has 0 radical (unpaired) electrons. The van der Waals surface area contributed by atoms with Gasteiger partial charge in [0, 0.05) is 0 Å². The van der Waals surface area contributed by atoms with Crippen LogP contribution < -0.4 is 4.46 Å². The van der Waals surface area contributed by atoms with Crippen LogP contribution in [0.2, 0.25) is 0 Å². The Kier molecular flexibility index (Phi) is 2.72. The quantitative estimate of drug-likeness (QED) is 0.470. The third-order valence-corrected chi connectivity index (χ3v) is 5.70. The molecule has 0 N–H and O–H groups in total. The Morgan fingerprint density at radius 2 is 1.44 bits per heavy atom. The van der Waals surface area contributed by atoms with E-state index in [0.29, 0.717) is 13.1 Å². The van der Waals surface area contributed by atoms with Gasteiger partial charge in [0.2, 0.25) is 0 Å². The Hall–Kier alpha value is -0.821. The van der Waals surface area contributed by atoms with Crippen LogP contribution in [0.15, 0.2) is 54.6 Å². The fourth-order valence-corrected chi connectivity index (χ4v) is 4.29. The van der Waals surface area contributed by atoms with Crippen molar-refractivity contribution >= 4 is 53.3 Å². The molecule has 2 heteroatoms. The molecular weight excluding hydrogens is 327 g/mol. The summed E-state index contributed by atoms with van der Waals surface area (Å²) >= 11 is 3.98. The van der Waals surface area contributed by atoms with E-state index in [0.717, 1.165) is 0 Å². The topological polar surface area (TPSA) is 0 Å². The van der Waals surface area contributed by atoms with Crippen molar-refractivity contribution in [3.8, 4) is 0 Å². The first-order valence-corrected chi connectivity index (χ1v) is 9.95. The molecule has 0 atom stereocenters. The zero-order valence-electron chi connectivity index (χ0n) is 8.48. The van der Waals surface area contributed by atoms with Crippen LogP contribution in [0.4, 0.5) is 0 Å². The first-order chi connectivity index (χ1) is 7.88. The molecule has 0 aliphatic heterocycles. The Morgan fingerprint density at radius 1 is 0.750 bits per heavy atom. The Morgan fingerprint density at radius 3 is 2.19 bits per heavy atom. The van der Waals surface area contributed by atoms with E-state index in [1.54, 1.807) is 0 Å². The molecule has 3 aromatic carbocycles. The zero-order valence-corrected chi connectivity index (χ0v) is 11.8. The summed E-state index contributed by atoms with van der Waals surface area (Å²) < 4.78 is 1.41. The van der Waals surface area contributed by atoms with Gasteiger partial charge >= 0.3 is 108 Å². The number of halogens is 1. The van der Waals surface area contributed by atoms with Crippen molar-refractivity contribution < 1.29 is 0 Å². The Balaban J connectivity index is 2.46. The molecule has 0 aliphatic rings. The molecule has 0 fully saturated rings. The number of benzene rings is 3. The van der Waals surface area contributed by atoms with E-state index in [1.165, 1.54) is 26.0 Å². The van der Waals surface area contributed by atoms with Gasteiger partial charge in [0.1, 0.15) is 0 Å². The fraction of sp³-hybridized carbons (Fsp3) is 0. The third-order valence-electron chi connectivity index (χ3n) is 2.79. The Labute approximate surface area is 108 Å². The average Bonchev–Trinajstić information content (AvgIpc) is 2.35. The fourth-order valence-electron chi connectivity index (χ4n) is 2.01. The molecule has 3 aromatic rings. The zero-order chi connectivity index (χ0) is 11.0. The molecule has 0 nitrogen and oxygen atoms in total. The van der Waals surface area contributed by atoms with Crippen LogP contribution >= 0.6 is 14.1 Å². The predicted octanol–water partition coefficient (Wildman–Crippen LogP) is 3.63. The van der Waals surface area contributed by atoms with E-state index in [2.05, 4.69) is 68.7 Å². The van der Waals surface area contributed by atoms with Gasteiger partial charge in [-0.3, -0.25) is 0 Å². The Bertz CT molecular complexity index is 661. The number of hydrogen-bond acceptors (Lipinski definition) is 0. The second-order valence-electron chi connectivity index (χ2n) is 3.75. The monoisotopic (exact) mass is 336 g/mol. The molecule has 0 bridgehead atoms. The van der Waals surface area contributed by atoms with Crippen molar-refractivity contribution in [2.24, 2.45) is 0 Å². The van der Waals surface area contributed by atoms with Crippen molar-refractivity contribution in [2.75, 3.05) is 0 Å². The number of rotatable bonds is 1. The van der Waals surface area contributed by atoms with Gasteiger partial charge in [0.25, 0.3) is 0 Å². The molecule has 0 spiro atoms. The minimum absolute atomic E-state index is 0.370. The standard InChI is InChI=1S/C14H9BrSe/c15-16-14-7-3-6-12-8-10-4-1-2-5-11(10)9-13(12)14/h1-9H. The van der Waals surface area contributed by atoms with E-state index in [-0.39, 0.29) is 0 Å². The van der Waals surface area contributed by atoms with Gasteiger partial charge in [-0.1, -0.05) is 0 Å². The van der Waals surface area contributed by atoms with E-state index < -0.39 is 0 Å². The van der Waals surface area contributed by atoms with Gasteiger partial charge in [-0.15, -0.1) is 0 Å². The molecule has 0 heterocycles. The molecule has 0 aromatic heterocycles. The number of fused-ring (bicyclic) bond motifs is 2. The molecule has 0 saturated heterocycles. The minimum atomic E-state index is 0.370. The summed E-state index contributed by atoms with van der Waals surface area (Å²) in [5.41, 5.74) is 0. The summed E-state index contributed by atoms with van der Waals surface area (Å²) in [5, 5.41) is 5.34. The van der Waals surface area contributed by atoms with Crippen LogP contribution in [0.25, 0.3) is 21.5 Å². The molecular formula is C14H9BrSe. The summed E-state index contributed by atoms with van der Waals surface area (Å²) in [6, 6.07) is 19.6. The van der Waals surface area contributed by atoms with E-state index >= 15 is 0 Å². The summed E-state index contributed by atoms with van der Waals surface area (Å²) in [6.45, 7) is 0. The predicted molar refractivity (Wildman–Crippen MR) is 75.8 cm³/mol. The van der Waals surface area contributed by atoms with Crippen LogP contribution in [-0.4, -0.2) is 13.1 Å². The van der Waals surface area contributed by atoms with Gasteiger partial charge in [0.05, 0.1) is 0 Å². The van der Waals surface area contributed by atoms with Crippen LogP contribution in [0.5, 0.6) is 0 Å². The van der Waals surface area contributed by atoms with Gasteiger partial charge in [0.15, 0.2) is 0 Å². The normalized spacial score (nSPS) is 11.1. The molecule has 0 unspecified atom stereocenters. The average molecular weight is 336 g/mol. The van der Waals surface area contributed by atoms with Crippen LogP contribution in [0.1, 0.15) is 0 Å². The number of hydrogen-bond donors (Lipinski definition) is 0. The van der Waals surface area contributed by atoms with Crippen molar-refractivity contribution in [3.63, 3.8) is 0 Å². The maximum absolute atomic E-state index is 3.61. The van der Waals surface area contributed by atoms with Crippen LogP contribution in [0.3, 0.4) is 0 Å². The molecule has 0 aliphatic carbocycles. The first-order valence-electron chi connectivity index (χ1n) is 5.08. The van der Waals surface area contributed by atoms with Gasteiger partial charge in [-0.05, 0) is 0 Å². The second-order valence-corrected chi connectivity index (χ2v) is 6.68.